The van der Waals surface area contributed by atoms with Crippen LogP contribution in [-0.4, -0.2) is 56.5 Å². The van der Waals surface area contributed by atoms with Gasteiger partial charge in [-0.15, -0.1) is 0 Å². The summed E-state index contributed by atoms with van der Waals surface area (Å²) in [7, 11) is 6.30. The fourth-order valence-electron chi connectivity index (χ4n) is 5.57. The molecule has 1 saturated heterocycles. The third-order valence-electron chi connectivity index (χ3n) is 7.19. The highest BCUT2D eigenvalue weighted by molar-refractivity contribution is 5.97. The molecule has 178 valence electrons. The molecule has 0 unspecified atom stereocenters. The molecule has 2 fully saturated rings. The summed E-state index contributed by atoms with van der Waals surface area (Å²) < 4.78 is 22.2. The third kappa shape index (κ3) is 4.10. The highest BCUT2D eigenvalue weighted by atomic mass is 16.5. The van der Waals surface area contributed by atoms with Gasteiger partial charge < -0.3 is 29.0 Å². The van der Waals surface area contributed by atoms with Crippen LogP contribution in [0.4, 0.5) is 0 Å². The molecule has 0 bridgehead atoms. The number of carbonyl (C=O) groups excluding carboxylic acids is 1. The average Bonchev–Trinajstić information content (AvgIpc) is 2.86. The molecule has 4 rings (SSSR count). The zero-order valence-corrected chi connectivity index (χ0v) is 19.8. The van der Waals surface area contributed by atoms with Gasteiger partial charge in [-0.2, -0.15) is 0 Å². The maximum atomic E-state index is 13.9. The summed E-state index contributed by atoms with van der Waals surface area (Å²) >= 11 is 0. The van der Waals surface area contributed by atoms with Crippen LogP contribution < -0.4 is 18.9 Å². The van der Waals surface area contributed by atoms with Gasteiger partial charge in [-0.3, -0.25) is 4.79 Å². The van der Waals surface area contributed by atoms with Gasteiger partial charge in [0.05, 0.1) is 45.6 Å². The smallest absolute Gasteiger partial charge is 0.258 e. The SMILES string of the molecule is COc1ccccc1C(=O)N1CC[C@]2(O)CCCC[C@H]2[C@@H]1c1cc(OC)c(OC)c(OC)c1. The first-order valence-electron chi connectivity index (χ1n) is 11.4. The van der Waals surface area contributed by atoms with Crippen molar-refractivity contribution in [2.24, 2.45) is 5.92 Å². The topological polar surface area (TPSA) is 77.5 Å². The fraction of sp³-hybridized carbons (Fsp3) is 0.500. The highest BCUT2D eigenvalue weighted by Crippen LogP contribution is 2.52. The number of likely N-dealkylation sites (tertiary alicyclic amines) is 1. The largest absolute Gasteiger partial charge is 0.496 e. The zero-order valence-electron chi connectivity index (χ0n) is 19.8. The third-order valence-corrected chi connectivity index (χ3v) is 7.19. The Labute approximate surface area is 195 Å². The van der Waals surface area contributed by atoms with Crippen LogP contribution in [0.25, 0.3) is 0 Å². The van der Waals surface area contributed by atoms with Gasteiger partial charge in [0.15, 0.2) is 11.5 Å². The molecular formula is C26H33NO6. The lowest BCUT2D eigenvalue weighted by Crippen LogP contribution is -2.56. The van der Waals surface area contributed by atoms with Crippen LogP contribution in [0, 0.1) is 5.92 Å². The monoisotopic (exact) mass is 455 g/mol. The molecule has 1 aliphatic heterocycles. The Balaban J connectivity index is 1.85. The number of hydrogen-bond donors (Lipinski definition) is 1. The first-order valence-corrected chi connectivity index (χ1v) is 11.4. The predicted molar refractivity (Wildman–Crippen MR) is 124 cm³/mol. The number of fused-ring (bicyclic) bond motifs is 1. The first-order chi connectivity index (χ1) is 16.0. The maximum Gasteiger partial charge on any atom is 0.258 e. The lowest BCUT2D eigenvalue weighted by Gasteiger charge is -2.52. The van der Waals surface area contributed by atoms with Crippen LogP contribution in [0.2, 0.25) is 0 Å². The summed E-state index contributed by atoms with van der Waals surface area (Å²) in [5.74, 6) is 1.89. The lowest BCUT2D eigenvalue weighted by atomic mass is 9.66. The minimum atomic E-state index is -0.805. The van der Waals surface area contributed by atoms with Crippen molar-refractivity contribution < 1.29 is 28.8 Å². The summed E-state index contributed by atoms with van der Waals surface area (Å²) in [6, 6.07) is 10.7. The number of rotatable bonds is 6. The van der Waals surface area contributed by atoms with E-state index in [4.69, 9.17) is 18.9 Å². The van der Waals surface area contributed by atoms with Crippen molar-refractivity contribution in [1.82, 2.24) is 4.90 Å². The molecule has 1 amide bonds. The Morgan fingerprint density at radius 1 is 0.939 bits per heavy atom. The standard InChI is InChI=1S/C26H33NO6/c1-30-20-11-6-5-9-18(20)25(28)27-14-13-26(29)12-8-7-10-19(26)23(27)17-15-21(31-2)24(33-4)22(16-17)32-3/h5-6,9,11,15-16,19,23,29H,7-8,10,12-14H2,1-4H3/t19-,23-,26+/m0/s1. The number of nitrogens with zero attached hydrogens (tertiary/aromatic N) is 1. The summed E-state index contributed by atoms with van der Waals surface area (Å²) in [5.41, 5.74) is 0.567. The van der Waals surface area contributed by atoms with Crippen LogP contribution in [-0.2, 0) is 0 Å². The van der Waals surface area contributed by atoms with E-state index in [1.807, 2.05) is 29.2 Å². The van der Waals surface area contributed by atoms with Crippen LogP contribution >= 0.6 is 0 Å². The number of aliphatic hydroxyl groups is 1. The number of methoxy groups -OCH3 is 4. The Hall–Kier alpha value is -2.93. The maximum absolute atomic E-state index is 13.9. The van der Waals surface area contributed by atoms with Crippen molar-refractivity contribution in [3.8, 4) is 23.0 Å². The number of benzene rings is 2. The summed E-state index contributed by atoms with van der Waals surface area (Å²) in [6.45, 7) is 0.450. The number of ether oxygens (including phenoxy) is 4. The second kappa shape index (κ2) is 9.51. The van der Waals surface area contributed by atoms with Crippen LogP contribution in [0.5, 0.6) is 23.0 Å². The van der Waals surface area contributed by atoms with Crippen LogP contribution in [0.1, 0.15) is 54.1 Å². The number of piperidine rings is 1. The van der Waals surface area contributed by atoms with Crippen molar-refractivity contribution in [2.45, 2.75) is 43.7 Å². The molecule has 1 saturated carbocycles. The number of amides is 1. The van der Waals surface area contributed by atoms with E-state index < -0.39 is 5.60 Å². The minimum absolute atomic E-state index is 0.0959. The predicted octanol–water partition coefficient (Wildman–Crippen LogP) is 4.23. The molecule has 33 heavy (non-hydrogen) atoms. The van der Waals surface area contributed by atoms with E-state index in [0.29, 0.717) is 41.5 Å². The van der Waals surface area contributed by atoms with Crippen molar-refractivity contribution in [2.75, 3.05) is 35.0 Å². The molecule has 3 atom stereocenters. The second-order valence-corrected chi connectivity index (χ2v) is 8.81. The van der Waals surface area contributed by atoms with E-state index in [1.165, 1.54) is 0 Å². The van der Waals surface area contributed by atoms with Gasteiger partial charge in [0.25, 0.3) is 5.91 Å². The molecule has 1 N–H and O–H groups in total. The molecule has 2 aliphatic rings. The van der Waals surface area contributed by atoms with Crippen LogP contribution in [0.15, 0.2) is 36.4 Å². The molecule has 0 spiro atoms. The summed E-state index contributed by atoms with van der Waals surface area (Å²) in [6.07, 6.45) is 4.16. The summed E-state index contributed by atoms with van der Waals surface area (Å²) in [4.78, 5) is 15.7. The van der Waals surface area contributed by atoms with Gasteiger partial charge in [0.1, 0.15) is 5.75 Å². The Morgan fingerprint density at radius 3 is 2.24 bits per heavy atom. The quantitative estimate of drug-likeness (QED) is 0.703. The van der Waals surface area contributed by atoms with E-state index in [-0.39, 0.29) is 17.9 Å². The fourth-order valence-corrected chi connectivity index (χ4v) is 5.57. The van der Waals surface area contributed by atoms with Crippen molar-refractivity contribution in [3.05, 3.63) is 47.5 Å². The van der Waals surface area contributed by atoms with Crippen molar-refractivity contribution >= 4 is 5.91 Å². The van der Waals surface area contributed by atoms with E-state index in [1.54, 1.807) is 40.6 Å². The van der Waals surface area contributed by atoms with Gasteiger partial charge in [-0.25, -0.2) is 0 Å². The number of hydrogen-bond acceptors (Lipinski definition) is 6. The van der Waals surface area contributed by atoms with Crippen LogP contribution in [0.3, 0.4) is 0 Å². The lowest BCUT2D eigenvalue weighted by molar-refractivity contribution is -0.115. The normalized spacial score (nSPS) is 24.6. The molecule has 7 heteroatoms. The van der Waals surface area contributed by atoms with E-state index in [9.17, 15) is 9.90 Å². The van der Waals surface area contributed by atoms with Gasteiger partial charge >= 0.3 is 0 Å². The average molecular weight is 456 g/mol. The molecule has 0 aromatic heterocycles. The van der Waals surface area contributed by atoms with Gasteiger partial charge in [-0.05, 0) is 49.1 Å². The van der Waals surface area contributed by atoms with Crippen molar-refractivity contribution in [3.63, 3.8) is 0 Å². The molecular weight excluding hydrogens is 422 g/mol. The van der Waals surface area contributed by atoms with Gasteiger partial charge in [0, 0.05) is 12.5 Å². The molecule has 1 heterocycles. The molecule has 1 aliphatic carbocycles. The molecule has 2 aromatic rings. The minimum Gasteiger partial charge on any atom is -0.496 e. The zero-order chi connectivity index (χ0) is 23.6. The Morgan fingerprint density at radius 2 is 1.61 bits per heavy atom. The Kier molecular flexibility index (Phi) is 6.70. The van der Waals surface area contributed by atoms with Gasteiger partial charge in [0.2, 0.25) is 5.75 Å². The highest BCUT2D eigenvalue weighted by Gasteiger charge is 2.50. The summed E-state index contributed by atoms with van der Waals surface area (Å²) in [5, 5.41) is 11.6. The van der Waals surface area contributed by atoms with Gasteiger partial charge in [-0.1, -0.05) is 25.0 Å². The van der Waals surface area contributed by atoms with E-state index >= 15 is 0 Å². The number of para-hydroxylation sites is 1. The second-order valence-electron chi connectivity index (χ2n) is 8.81. The van der Waals surface area contributed by atoms with E-state index in [2.05, 4.69) is 0 Å². The molecule has 0 radical (unpaired) electrons. The molecule has 2 aromatic carbocycles. The van der Waals surface area contributed by atoms with E-state index in [0.717, 1.165) is 31.2 Å². The van der Waals surface area contributed by atoms with Crippen molar-refractivity contribution in [1.29, 1.82) is 0 Å². The Bertz CT molecular complexity index is 983. The molecule has 7 nitrogen and oxygen atoms in total. The number of carbonyl (C=O) groups is 1. The first kappa shape index (κ1) is 23.2.